The average Bonchev–Trinajstić information content (AvgIpc) is 2.27. The number of ketones is 1. The van der Waals surface area contributed by atoms with Gasteiger partial charge in [-0.1, -0.05) is 13.8 Å². The van der Waals surface area contributed by atoms with Crippen molar-refractivity contribution in [2.24, 2.45) is 5.92 Å². The van der Waals surface area contributed by atoms with Crippen LogP contribution in [0.4, 0.5) is 0 Å². The Morgan fingerprint density at radius 3 is 2.83 bits per heavy atom. The maximum atomic E-state index is 12.2. The fourth-order valence-corrected chi connectivity index (χ4v) is 2.28. The highest BCUT2D eigenvalue weighted by Crippen LogP contribution is 2.18. The first-order chi connectivity index (χ1) is 8.50. The van der Waals surface area contributed by atoms with Crippen molar-refractivity contribution in [2.75, 3.05) is 0 Å². The Kier molecular flexibility index (Phi) is 3.50. The van der Waals surface area contributed by atoms with Crippen LogP contribution in [0, 0.1) is 5.92 Å². The molecule has 0 fully saturated rings. The molecule has 0 saturated heterocycles. The SMILES string of the molecule is CC(C)CC(=O)c1c(O)nc2n(c1=O)CCCC2. The lowest BCUT2D eigenvalue weighted by Gasteiger charge is -2.18. The van der Waals surface area contributed by atoms with E-state index in [1.807, 2.05) is 13.8 Å². The van der Waals surface area contributed by atoms with Crippen molar-refractivity contribution in [1.82, 2.24) is 9.55 Å². The molecule has 0 aliphatic carbocycles. The highest BCUT2D eigenvalue weighted by atomic mass is 16.3. The zero-order valence-corrected chi connectivity index (χ0v) is 10.8. The van der Waals surface area contributed by atoms with Crippen LogP contribution in [0.25, 0.3) is 0 Å². The summed E-state index contributed by atoms with van der Waals surface area (Å²) in [6.45, 7) is 4.39. The van der Waals surface area contributed by atoms with Crippen LogP contribution in [0.15, 0.2) is 4.79 Å². The number of carbonyl (C=O) groups excluding carboxylic acids is 1. The molecule has 0 spiro atoms. The van der Waals surface area contributed by atoms with Crippen molar-refractivity contribution in [1.29, 1.82) is 0 Å². The Bertz CT molecular complexity index is 532. The molecule has 5 heteroatoms. The van der Waals surface area contributed by atoms with Crippen LogP contribution >= 0.6 is 0 Å². The van der Waals surface area contributed by atoms with Gasteiger partial charge in [0.05, 0.1) is 0 Å². The minimum absolute atomic E-state index is 0.144. The lowest BCUT2D eigenvalue weighted by atomic mass is 10.0. The van der Waals surface area contributed by atoms with Gasteiger partial charge in [0.15, 0.2) is 5.78 Å². The van der Waals surface area contributed by atoms with Crippen LogP contribution in [0.5, 0.6) is 5.88 Å². The van der Waals surface area contributed by atoms with E-state index in [1.54, 1.807) is 0 Å². The van der Waals surface area contributed by atoms with Gasteiger partial charge in [-0.25, -0.2) is 0 Å². The van der Waals surface area contributed by atoms with Crippen LogP contribution in [0.3, 0.4) is 0 Å². The van der Waals surface area contributed by atoms with Gasteiger partial charge in [-0.2, -0.15) is 4.98 Å². The number of hydrogen-bond acceptors (Lipinski definition) is 4. The highest BCUT2D eigenvalue weighted by Gasteiger charge is 2.23. The molecule has 0 aromatic carbocycles. The van der Waals surface area contributed by atoms with Crippen LogP contribution in [0.1, 0.15) is 49.3 Å². The van der Waals surface area contributed by atoms with Crippen LogP contribution in [-0.4, -0.2) is 20.4 Å². The fraction of sp³-hybridized carbons (Fsp3) is 0.615. The molecule has 1 aliphatic rings. The minimum atomic E-state index is -0.404. The molecule has 1 N–H and O–H groups in total. The third-order valence-corrected chi connectivity index (χ3v) is 3.13. The van der Waals surface area contributed by atoms with E-state index in [0.717, 1.165) is 12.8 Å². The summed E-state index contributed by atoms with van der Waals surface area (Å²) in [5, 5.41) is 9.79. The van der Waals surface area contributed by atoms with Gasteiger partial charge in [-0.15, -0.1) is 0 Å². The summed E-state index contributed by atoms with van der Waals surface area (Å²) in [7, 11) is 0. The van der Waals surface area contributed by atoms with Gasteiger partial charge >= 0.3 is 0 Å². The molecule has 2 heterocycles. The largest absolute Gasteiger partial charge is 0.493 e. The van der Waals surface area contributed by atoms with Crippen molar-refractivity contribution in [3.8, 4) is 5.88 Å². The molecule has 98 valence electrons. The second-order valence-electron chi connectivity index (χ2n) is 5.16. The van der Waals surface area contributed by atoms with E-state index in [0.29, 0.717) is 18.8 Å². The molecule has 0 radical (unpaired) electrons. The van der Waals surface area contributed by atoms with Crippen molar-refractivity contribution in [3.63, 3.8) is 0 Å². The summed E-state index contributed by atoms with van der Waals surface area (Å²) in [5.41, 5.74) is -0.530. The number of carbonyl (C=O) groups is 1. The Morgan fingerprint density at radius 1 is 1.44 bits per heavy atom. The van der Waals surface area contributed by atoms with Crippen molar-refractivity contribution >= 4 is 5.78 Å². The van der Waals surface area contributed by atoms with Crippen molar-refractivity contribution in [3.05, 3.63) is 21.7 Å². The Labute approximate surface area is 105 Å². The number of Topliss-reactive ketones (excluding diaryl/α,β-unsaturated/α-hetero) is 1. The van der Waals surface area contributed by atoms with E-state index in [1.165, 1.54) is 4.57 Å². The normalized spacial score (nSPS) is 14.6. The molecule has 1 aromatic rings. The van der Waals surface area contributed by atoms with Crippen LogP contribution in [-0.2, 0) is 13.0 Å². The summed E-state index contributed by atoms with van der Waals surface area (Å²) < 4.78 is 1.52. The van der Waals surface area contributed by atoms with Gasteiger partial charge in [0.1, 0.15) is 11.4 Å². The molecule has 5 nitrogen and oxygen atoms in total. The second kappa shape index (κ2) is 4.92. The van der Waals surface area contributed by atoms with Crippen LogP contribution < -0.4 is 5.56 Å². The maximum absolute atomic E-state index is 12.2. The van der Waals surface area contributed by atoms with Gasteiger partial charge < -0.3 is 5.11 Å². The van der Waals surface area contributed by atoms with Gasteiger partial charge in [-0.3, -0.25) is 14.2 Å². The van der Waals surface area contributed by atoms with E-state index in [2.05, 4.69) is 4.98 Å². The number of rotatable bonds is 3. The molecule has 0 amide bonds. The number of fused-ring (bicyclic) bond motifs is 1. The number of aromatic nitrogens is 2. The monoisotopic (exact) mass is 250 g/mol. The predicted molar refractivity (Wildman–Crippen MR) is 66.9 cm³/mol. The summed E-state index contributed by atoms with van der Waals surface area (Å²) >= 11 is 0. The molecule has 1 aliphatic heterocycles. The molecule has 1 aromatic heterocycles. The minimum Gasteiger partial charge on any atom is -0.493 e. The number of nitrogens with zero attached hydrogens (tertiary/aromatic N) is 2. The third-order valence-electron chi connectivity index (χ3n) is 3.13. The standard InChI is InChI=1S/C13H18N2O3/c1-8(2)7-9(16)11-12(17)14-10-5-3-4-6-15(10)13(11)18/h8,17H,3-7H2,1-2H3. The zero-order valence-electron chi connectivity index (χ0n) is 10.8. The number of hydrogen-bond donors (Lipinski definition) is 1. The van der Waals surface area contributed by atoms with Gasteiger partial charge in [0, 0.05) is 19.4 Å². The lowest BCUT2D eigenvalue weighted by Crippen LogP contribution is -2.32. The van der Waals surface area contributed by atoms with Crippen molar-refractivity contribution in [2.45, 2.75) is 46.1 Å². The van der Waals surface area contributed by atoms with Gasteiger partial charge in [-0.05, 0) is 18.8 Å². The fourth-order valence-electron chi connectivity index (χ4n) is 2.28. The number of aromatic hydroxyl groups is 1. The summed E-state index contributed by atoms with van der Waals surface area (Å²) in [5.74, 6) is 0.0156. The Hall–Kier alpha value is -1.65. The second-order valence-corrected chi connectivity index (χ2v) is 5.16. The molecule has 0 bridgehead atoms. The quantitative estimate of drug-likeness (QED) is 0.825. The van der Waals surface area contributed by atoms with Gasteiger partial charge in [0.25, 0.3) is 5.56 Å². The van der Waals surface area contributed by atoms with Gasteiger partial charge in [0.2, 0.25) is 5.88 Å². The average molecular weight is 250 g/mol. The smallest absolute Gasteiger partial charge is 0.268 e. The molecule has 0 unspecified atom stereocenters. The van der Waals surface area contributed by atoms with E-state index in [4.69, 9.17) is 0 Å². The molecule has 2 rings (SSSR count). The third kappa shape index (κ3) is 2.30. The van der Waals surface area contributed by atoms with E-state index < -0.39 is 5.88 Å². The molecule has 0 atom stereocenters. The highest BCUT2D eigenvalue weighted by molar-refractivity contribution is 5.97. The van der Waals surface area contributed by atoms with Crippen LogP contribution in [0.2, 0.25) is 0 Å². The predicted octanol–water partition coefficient (Wildman–Crippen LogP) is 1.51. The van der Waals surface area contributed by atoms with E-state index in [-0.39, 0.29) is 29.2 Å². The molecular formula is C13H18N2O3. The Balaban J connectivity index is 2.48. The summed E-state index contributed by atoms with van der Waals surface area (Å²) in [4.78, 5) is 28.2. The molecule has 18 heavy (non-hydrogen) atoms. The first-order valence-electron chi connectivity index (χ1n) is 6.36. The lowest BCUT2D eigenvalue weighted by molar-refractivity contribution is 0.0961. The maximum Gasteiger partial charge on any atom is 0.268 e. The summed E-state index contributed by atoms with van der Waals surface area (Å²) in [6, 6.07) is 0. The molecular weight excluding hydrogens is 232 g/mol. The number of aryl methyl sites for hydroxylation is 1. The first-order valence-corrected chi connectivity index (χ1v) is 6.36. The Morgan fingerprint density at radius 2 is 2.17 bits per heavy atom. The van der Waals surface area contributed by atoms with E-state index >= 15 is 0 Å². The molecule has 0 saturated carbocycles. The topological polar surface area (TPSA) is 72.2 Å². The van der Waals surface area contributed by atoms with E-state index in [9.17, 15) is 14.7 Å². The summed E-state index contributed by atoms with van der Waals surface area (Å²) in [6.07, 6.45) is 2.81. The zero-order chi connectivity index (χ0) is 13.3. The first kappa shape index (κ1) is 12.8. The van der Waals surface area contributed by atoms with Crippen molar-refractivity contribution < 1.29 is 9.90 Å².